The second-order valence-corrected chi connectivity index (χ2v) is 4.45. The number of aromatic nitrogens is 2. The van der Waals surface area contributed by atoms with Crippen molar-refractivity contribution in [1.29, 1.82) is 0 Å². The van der Waals surface area contributed by atoms with E-state index in [1.54, 1.807) is 18.2 Å². The van der Waals surface area contributed by atoms with Crippen molar-refractivity contribution in [3.05, 3.63) is 39.5 Å². The number of hydrazine groups is 1. The molecule has 4 N–H and O–H groups in total. The molecule has 0 amide bonds. The first kappa shape index (κ1) is 13.2. The Bertz CT molecular complexity index is 575. The van der Waals surface area contributed by atoms with Crippen molar-refractivity contribution in [2.45, 2.75) is 0 Å². The Morgan fingerprint density at radius 3 is 2.61 bits per heavy atom. The molecule has 2 rings (SSSR count). The van der Waals surface area contributed by atoms with Crippen molar-refractivity contribution in [3.63, 3.8) is 0 Å². The van der Waals surface area contributed by atoms with Crippen LogP contribution < -0.4 is 16.6 Å². The molecule has 0 saturated carbocycles. The second-order valence-electron chi connectivity index (χ2n) is 3.26. The van der Waals surface area contributed by atoms with E-state index in [-0.39, 0.29) is 5.95 Å². The number of hydrogen-bond donors (Lipinski definition) is 3. The van der Waals surface area contributed by atoms with Crippen LogP contribution in [0, 0.1) is 0 Å². The lowest BCUT2D eigenvalue weighted by molar-refractivity contribution is 1.12. The maximum Gasteiger partial charge on any atom is 0.239 e. The van der Waals surface area contributed by atoms with E-state index in [2.05, 4.69) is 20.7 Å². The highest BCUT2D eigenvalue weighted by molar-refractivity contribution is 6.43. The van der Waals surface area contributed by atoms with Crippen LogP contribution in [0.5, 0.6) is 0 Å². The minimum Gasteiger partial charge on any atom is -0.338 e. The van der Waals surface area contributed by atoms with Crippen molar-refractivity contribution in [1.82, 2.24) is 9.97 Å². The van der Waals surface area contributed by atoms with Crippen LogP contribution in [-0.4, -0.2) is 9.97 Å². The van der Waals surface area contributed by atoms with Gasteiger partial charge in [-0.1, -0.05) is 40.9 Å². The van der Waals surface area contributed by atoms with Crippen molar-refractivity contribution in [2.24, 2.45) is 5.84 Å². The van der Waals surface area contributed by atoms with Crippen LogP contribution in [0.25, 0.3) is 0 Å². The first-order valence-corrected chi connectivity index (χ1v) is 5.95. The van der Waals surface area contributed by atoms with Crippen molar-refractivity contribution >= 4 is 52.3 Å². The molecule has 1 aromatic carbocycles. The van der Waals surface area contributed by atoms with Gasteiger partial charge in [-0.15, -0.1) is 0 Å². The maximum atomic E-state index is 6.05. The lowest BCUT2D eigenvalue weighted by Crippen LogP contribution is -2.11. The summed E-state index contributed by atoms with van der Waals surface area (Å²) in [6, 6.07) is 5.19. The third-order valence-corrected chi connectivity index (χ3v) is 3.17. The number of nitrogens with two attached hydrogens (primary N) is 1. The molecule has 18 heavy (non-hydrogen) atoms. The van der Waals surface area contributed by atoms with Crippen LogP contribution in [0.1, 0.15) is 0 Å². The number of rotatable bonds is 3. The maximum absolute atomic E-state index is 6.05. The van der Waals surface area contributed by atoms with E-state index in [9.17, 15) is 0 Å². The van der Waals surface area contributed by atoms with E-state index in [0.29, 0.717) is 26.6 Å². The molecule has 8 heteroatoms. The van der Waals surface area contributed by atoms with Gasteiger partial charge in [-0.25, -0.2) is 10.8 Å². The van der Waals surface area contributed by atoms with E-state index >= 15 is 0 Å². The van der Waals surface area contributed by atoms with E-state index in [1.807, 2.05) is 0 Å². The third-order valence-electron chi connectivity index (χ3n) is 2.08. The molecule has 0 aliphatic heterocycles. The molecule has 1 aromatic heterocycles. The van der Waals surface area contributed by atoms with Gasteiger partial charge in [0.1, 0.15) is 5.02 Å². The highest BCUT2D eigenvalue weighted by atomic mass is 35.5. The van der Waals surface area contributed by atoms with E-state index in [4.69, 9.17) is 40.6 Å². The normalized spacial score (nSPS) is 10.2. The molecule has 0 unspecified atom stereocenters. The molecule has 94 valence electrons. The predicted octanol–water partition coefficient (Wildman–Crippen LogP) is 3.47. The molecule has 0 aliphatic carbocycles. The molecular weight excluding hydrogens is 297 g/mol. The summed E-state index contributed by atoms with van der Waals surface area (Å²) in [6.45, 7) is 0. The van der Waals surface area contributed by atoms with Gasteiger partial charge in [-0.3, -0.25) is 5.43 Å². The van der Waals surface area contributed by atoms with Crippen molar-refractivity contribution < 1.29 is 0 Å². The fourth-order valence-corrected chi connectivity index (χ4v) is 1.74. The van der Waals surface area contributed by atoms with Gasteiger partial charge >= 0.3 is 0 Å². The molecule has 0 spiro atoms. The van der Waals surface area contributed by atoms with E-state index in [1.165, 1.54) is 6.20 Å². The summed E-state index contributed by atoms with van der Waals surface area (Å²) in [6.07, 6.45) is 1.42. The molecule has 0 atom stereocenters. The van der Waals surface area contributed by atoms with E-state index < -0.39 is 0 Å². The van der Waals surface area contributed by atoms with Crippen molar-refractivity contribution in [3.8, 4) is 0 Å². The highest BCUT2D eigenvalue weighted by Gasteiger charge is 2.09. The lowest BCUT2D eigenvalue weighted by Gasteiger charge is -2.10. The molecular formula is C10H8Cl3N5. The molecule has 0 saturated heterocycles. The molecule has 0 fully saturated rings. The van der Waals surface area contributed by atoms with Gasteiger partial charge in [0.15, 0.2) is 5.82 Å². The predicted molar refractivity (Wildman–Crippen MR) is 74.6 cm³/mol. The summed E-state index contributed by atoms with van der Waals surface area (Å²) >= 11 is 17.9. The average molecular weight is 305 g/mol. The van der Waals surface area contributed by atoms with Gasteiger partial charge in [0.2, 0.25) is 5.95 Å². The van der Waals surface area contributed by atoms with Gasteiger partial charge in [0.25, 0.3) is 0 Å². The summed E-state index contributed by atoms with van der Waals surface area (Å²) in [5.74, 6) is 5.84. The fraction of sp³-hybridized carbons (Fsp3) is 0. The summed E-state index contributed by atoms with van der Waals surface area (Å²) < 4.78 is 0. The van der Waals surface area contributed by atoms with Gasteiger partial charge in [-0.2, -0.15) is 4.98 Å². The largest absolute Gasteiger partial charge is 0.338 e. The number of anilines is 3. The molecule has 5 nitrogen and oxygen atoms in total. The molecule has 0 aliphatic rings. The Morgan fingerprint density at radius 2 is 1.89 bits per heavy atom. The van der Waals surface area contributed by atoms with Crippen LogP contribution in [0.15, 0.2) is 24.4 Å². The zero-order valence-corrected chi connectivity index (χ0v) is 11.2. The van der Waals surface area contributed by atoms with Gasteiger partial charge in [0.05, 0.1) is 21.9 Å². The van der Waals surface area contributed by atoms with Gasteiger partial charge < -0.3 is 5.32 Å². The zero-order valence-electron chi connectivity index (χ0n) is 8.92. The molecule has 0 radical (unpaired) electrons. The molecule has 0 bridgehead atoms. The lowest BCUT2D eigenvalue weighted by atomic mass is 10.3. The molecule has 1 heterocycles. The van der Waals surface area contributed by atoms with Gasteiger partial charge in [-0.05, 0) is 12.1 Å². The molecule has 2 aromatic rings. The number of nitrogen functional groups attached to an aromatic ring is 1. The van der Waals surface area contributed by atoms with E-state index in [0.717, 1.165) is 0 Å². The smallest absolute Gasteiger partial charge is 0.239 e. The first-order valence-electron chi connectivity index (χ1n) is 4.82. The van der Waals surface area contributed by atoms with Crippen LogP contribution in [0.4, 0.5) is 17.5 Å². The SMILES string of the molecule is NNc1ncc(Cl)c(Nc2cccc(Cl)c2Cl)n1. The Labute approximate surface area is 118 Å². The van der Waals surface area contributed by atoms with Crippen molar-refractivity contribution in [2.75, 3.05) is 10.7 Å². The van der Waals surface area contributed by atoms with Gasteiger partial charge in [0, 0.05) is 0 Å². The summed E-state index contributed by atoms with van der Waals surface area (Å²) in [5.41, 5.74) is 2.92. The zero-order chi connectivity index (χ0) is 13.1. The minimum atomic E-state index is 0.236. The van der Waals surface area contributed by atoms with Crippen LogP contribution in [0.2, 0.25) is 15.1 Å². The summed E-state index contributed by atoms with van der Waals surface area (Å²) in [5, 5.41) is 4.12. The number of hydrogen-bond acceptors (Lipinski definition) is 5. The fourth-order valence-electron chi connectivity index (χ4n) is 1.25. The Hall–Kier alpha value is -1.27. The topological polar surface area (TPSA) is 75.9 Å². The number of nitrogens with one attached hydrogen (secondary N) is 2. The quantitative estimate of drug-likeness (QED) is 0.598. The third kappa shape index (κ3) is 2.76. The average Bonchev–Trinajstić information content (AvgIpc) is 2.37. The standard InChI is InChI=1S/C10H8Cl3N5/c11-5-2-1-3-7(8(5)13)16-9-6(12)4-15-10(17-9)18-14/h1-4H,14H2,(H2,15,16,17,18). The Kier molecular flexibility index (Phi) is 4.08. The summed E-state index contributed by atoms with van der Waals surface area (Å²) in [4.78, 5) is 7.93. The Morgan fingerprint density at radius 1 is 1.11 bits per heavy atom. The minimum absolute atomic E-state index is 0.236. The summed E-state index contributed by atoms with van der Waals surface area (Å²) in [7, 11) is 0. The highest BCUT2D eigenvalue weighted by Crippen LogP contribution is 2.33. The monoisotopic (exact) mass is 303 g/mol. The first-order chi connectivity index (χ1) is 8.61. The Balaban J connectivity index is 2.36. The van der Waals surface area contributed by atoms with Crippen LogP contribution in [-0.2, 0) is 0 Å². The second kappa shape index (κ2) is 5.58. The number of nitrogens with zero attached hydrogens (tertiary/aromatic N) is 2. The number of benzene rings is 1. The van der Waals surface area contributed by atoms with Crippen LogP contribution in [0.3, 0.4) is 0 Å². The van der Waals surface area contributed by atoms with Crippen LogP contribution >= 0.6 is 34.8 Å². The number of halogens is 3.